The third-order valence-corrected chi connectivity index (χ3v) is 5.90. The number of hydrogen-bond donors (Lipinski definition) is 1. The molecule has 2 fully saturated rings. The van der Waals surface area contributed by atoms with Crippen LogP contribution in [0.1, 0.15) is 31.7 Å². The van der Waals surface area contributed by atoms with E-state index in [-0.39, 0.29) is 6.61 Å². The first-order valence-electron chi connectivity index (χ1n) is 10.8. The summed E-state index contributed by atoms with van der Waals surface area (Å²) in [4.78, 5) is 7.26. The number of β-amino-alcohol motifs (C(OH)–C–C–N with tert-alkyl or cyclic N) is 1. The van der Waals surface area contributed by atoms with Gasteiger partial charge in [-0.25, -0.2) is 0 Å². The van der Waals surface area contributed by atoms with E-state index in [9.17, 15) is 5.11 Å². The molecule has 1 aromatic rings. The minimum absolute atomic E-state index is 0.288. The first kappa shape index (κ1) is 21.4. The zero-order valence-corrected chi connectivity index (χ0v) is 17.6. The van der Waals surface area contributed by atoms with Crippen molar-refractivity contribution in [2.75, 3.05) is 66.1 Å². The van der Waals surface area contributed by atoms with Crippen LogP contribution in [-0.2, 0) is 6.54 Å². The lowest BCUT2D eigenvalue weighted by atomic mass is 10.1. The van der Waals surface area contributed by atoms with Crippen molar-refractivity contribution in [3.05, 3.63) is 23.8 Å². The van der Waals surface area contributed by atoms with Crippen molar-refractivity contribution in [2.45, 2.75) is 38.8 Å². The van der Waals surface area contributed by atoms with Gasteiger partial charge in [-0.2, -0.15) is 0 Å². The smallest absolute Gasteiger partial charge is 0.161 e. The number of methoxy groups -OCH3 is 1. The highest BCUT2D eigenvalue weighted by Crippen LogP contribution is 2.29. The van der Waals surface area contributed by atoms with Gasteiger partial charge in [-0.3, -0.25) is 9.80 Å². The topological polar surface area (TPSA) is 48.4 Å². The number of rotatable bonds is 9. The van der Waals surface area contributed by atoms with Gasteiger partial charge in [0.2, 0.25) is 0 Å². The van der Waals surface area contributed by atoms with Crippen molar-refractivity contribution in [1.29, 1.82) is 0 Å². The van der Waals surface area contributed by atoms with Crippen molar-refractivity contribution >= 4 is 0 Å². The van der Waals surface area contributed by atoms with Crippen LogP contribution in [0.2, 0.25) is 0 Å². The maximum Gasteiger partial charge on any atom is 0.161 e. The number of hydrogen-bond acceptors (Lipinski definition) is 6. The van der Waals surface area contributed by atoms with Crippen molar-refractivity contribution in [2.24, 2.45) is 0 Å². The second kappa shape index (κ2) is 11.0. The molecule has 2 aliphatic heterocycles. The van der Waals surface area contributed by atoms with E-state index in [1.54, 1.807) is 7.11 Å². The van der Waals surface area contributed by atoms with Crippen LogP contribution in [0.3, 0.4) is 0 Å². The fourth-order valence-corrected chi connectivity index (χ4v) is 4.13. The molecule has 0 bridgehead atoms. The maximum absolute atomic E-state index is 10.4. The van der Waals surface area contributed by atoms with Gasteiger partial charge < -0.3 is 19.5 Å². The van der Waals surface area contributed by atoms with Gasteiger partial charge in [0.25, 0.3) is 0 Å². The molecule has 28 heavy (non-hydrogen) atoms. The molecule has 6 heteroatoms. The monoisotopic (exact) mass is 391 g/mol. The fraction of sp³-hybridized carbons (Fsp3) is 0.727. The summed E-state index contributed by atoms with van der Waals surface area (Å²) < 4.78 is 11.4. The highest BCUT2D eigenvalue weighted by molar-refractivity contribution is 5.43. The van der Waals surface area contributed by atoms with Gasteiger partial charge in [0, 0.05) is 39.3 Å². The van der Waals surface area contributed by atoms with E-state index in [1.807, 2.05) is 6.07 Å². The Morgan fingerprint density at radius 3 is 2.32 bits per heavy atom. The lowest BCUT2D eigenvalue weighted by Crippen LogP contribution is -2.49. The molecular weight excluding hydrogens is 354 g/mol. The molecule has 1 atom stereocenters. The molecule has 0 unspecified atom stereocenters. The number of likely N-dealkylation sites (N-methyl/N-ethyl adjacent to an activating group) is 1. The Labute approximate surface area is 170 Å². The van der Waals surface area contributed by atoms with Crippen LogP contribution in [0.25, 0.3) is 0 Å². The number of ether oxygens (including phenoxy) is 2. The lowest BCUT2D eigenvalue weighted by molar-refractivity contribution is 0.0464. The number of piperidine rings is 1. The van der Waals surface area contributed by atoms with E-state index < -0.39 is 6.10 Å². The van der Waals surface area contributed by atoms with E-state index in [2.05, 4.69) is 33.8 Å². The van der Waals surface area contributed by atoms with Crippen molar-refractivity contribution < 1.29 is 14.6 Å². The van der Waals surface area contributed by atoms with Gasteiger partial charge in [0.1, 0.15) is 12.7 Å². The number of piperazine rings is 1. The number of likely N-dealkylation sites (tertiary alicyclic amines) is 1. The number of benzene rings is 1. The molecule has 0 amide bonds. The van der Waals surface area contributed by atoms with Gasteiger partial charge in [0.05, 0.1) is 7.11 Å². The Hall–Kier alpha value is -1.34. The first-order chi connectivity index (χ1) is 13.7. The molecule has 3 rings (SSSR count). The van der Waals surface area contributed by atoms with E-state index in [1.165, 1.54) is 37.9 Å². The predicted octanol–water partition coefficient (Wildman–Crippen LogP) is 2.06. The Morgan fingerprint density at radius 2 is 1.64 bits per heavy atom. The minimum Gasteiger partial charge on any atom is -0.493 e. The van der Waals surface area contributed by atoms with Gasteiger partial charge in [-0.05, 0) is 50.2 Å². The second-order valence-corrected chi connectivity index (χ2v) is 8.02. The SMILES string of the molecule is CCN1CCN(C[C@@H](O)COc2ccc(CN3CCCCC3)cc2OC)CC1. The summed E-state index contributed by atoms with van der Waals surface area (Å²) in [6.45, 7) is 11.8. The zero-order valence-electron chi connectivity index (χ0n) is 17.6. The fourth-order valence-electron chi connectivity index (χ4n) is 4.13. The van der Waals surface area contributed by atoms with Gasteiger partial charge in [-0.15, -0.1) is 0 Å². The average molecular weight is 392 g/mol. The van der Waals surface area contributed by atoms with Crippen molar-refractivity contribution in [1.82, 2.24) is 14.7 Å². The molecular formula is C22H37N3O3. The maximum atomic E-state index is 10.4. The molecule has 0 aromatic heterocycles. The van der Waals surface area contributed by atoms with Crippen LogP contribution in [-0.4, -0.2) is 92.0 Å². The van der Waals surface area contributed by atoms with Crippen LogP contribution in [0.4, 0.5) is 0 Å². The molecule has 0 saturated carbocycles. The summed E-state index contributed by atoms with van der Waals surface area (Å²) in [5.41, 5.74) is 1.25. The third-order valence-electron chi connectivity index (χ3n) is 5.90. The summed E-state index contributed by atoms with van der Waals surface area (Å²) in [5, 5.41) is 10.4. The zero-order chi connectivity index (χ0) is 19.8. The molecule has 2 heterocycles. The predicted molar refractivity (Wildman–Crippen MR) is 112 cm³/mol. The summed E-state index contributed by atoms with van der Waals surface area (Å²) in [5.74, 6) is 1.46. The summed E-state index contributed by atoms with van der Waals surface area (Å²) in [6, 6.07) is 6.16. The van der Waals surface area contributed by atoms with Crippen LogP contribution in [0.5, 0.6) is 11.5 Å². The van der Waals surface area contributed by atoms with Crippen LogP contribution in [0, 0.1) is 0 Å². The molecule has 1 N–H and O–H groups in total. The van der Waals surface area contributed by atoms with E-state index in [4.69, 9.17) is 9.47 Å². The van der Waals surface area contributed by atoms with E-state index in [0.29, 0.717) is 12.3 Å². The van der Waals surface area contributed by atoms with E-state index in [0.717, 1.165) is 45.0 Å². The Balaban J connectivity index is 1.46. The Kier molecular flexibility index (Phi) is 8.40. The Morgan fingerprint density at radius 1 is 0.929 bits per heavy atom. The molecule has 158 valence electrons. The minimum atomic E-state index is -0.495. The Bertz CT molecular complexity index is 584. The summed E-state index contributed by atoms with van der Waals surface area (Å²) in [6.07, 6.45) is 3.45. The molecule has 2 saturated heterocycles. The first-order valence-corrected chi connectivity index (χ1v) is 10.8. The standard InChI is InChI=1S/C22H37N3O3/c1-3-23-11-13-25(14-12-23)17-20(26)18-28-21-8-7-19(15-22(21)27-2)16-24-9-5-4-6-10-24/h7-8,15,20,26H,3-6,9-14,16-18H2,1-2H3/t20-/m1/s1. The van der Waals surface area contributed by atoms with Crippen LogP contribution < -0.4 is 9.47 Å². The highest BCUT2D eigenvalue weighted by Gasteiger charge is 2.19. The van der Waals surface area contributed by atoms with Gasteiger partial charge in [0.15, 0.2) is 11.5 Å². The van der Waals surface area contributed by atoms with E-state index >= 15 is 0 Å². The number of aliphatic hydroxyl groups excluding tert-OH is 1. The van der Waals surface area contributed by atoms with Crippen LogP contribution in [0.15, 0.2) is 18.2 Å². The highest BCUT2D eigenvalue weighted by atomic mass is 16.5. The average Bonchev–Trinajstić information content (AvgIpc) is 2.74. The molecule has 6 nitrogen and oxygen atoms in total. The molecule has 0 aliphatic carbocycles. The van der Waals surface area contributed by atoms with Gasteiger partial charge in [-0.1, -0.05) is 19.4 Å². The lowest BCUT2D eigenvalue weighted by Gasteiger charge is -2.34. The van der Waals surface area contributed by atoms with Crippen molar-refractivity contribution in [3.8, 4) is 11.5 Å². The molecule has 0 spiro atoms. The van der Waals surface area contributed by atoms with Crippen molar-refractivity contribution in [3.63, 3.8) is 0 Å². The largest absolute Gasteiger partial charge is 0.493 e. The molecule has 0 radical (unpaired) electrons. The van der Waals surface area contributed by atoms with Gasteiger partial charge >= 0.3 is 0 Å². The number of aliphatic hydroxyl groups is 1. The number of nitrogens with zero attached hydrogens (tertiary/aromatic N) is 3. The summed E-state index contributed by atoms with van der Waals surface area (Å²) >= 11 is 0. The molecule has 2 aliphatic rings. The van der Waals surface area contributed by atoms with Crippen LogP contribution >= 0.6 is 0 Å². The quantitative estimate of drug-likeness (QED) is 0.695. The second-order valence-electron chi connectivity index (χ2n) is 8.02. The normalized spacial score (nSPS) is 20.8. The molecule has 1 aromatic carbocycles. The summed E-state index contributed by atoms with van der Waals surface area (Å²) in [7, 11) is 1.68. The third kappa shape index (κ3) is 6.34.